The van der Waals surface area contributed by atoms with E-state index in [9.17, 15) is 19.5 Å². The van der Waals surface area contributed by atoms with Crippen LogP contribution in [-0.2, 0) is 20.7 Å². The van der Waals surface area contributed by atoms with Gasteiger partial charge in [0.1, 0.15) is 17.7 Å². The molecule has 0 aliphatic heterocycles. The largest absolute Gasteiger partial charge is 0.444 e. The van der Waals surface area contributed by atoms with E-state index >= 15 is 0 Å². The number of hydrogen-bond acceptors (Lipinski definition) is 5. The van der Waals surface area contributed by atoms with Crippen molar-refractivity contribution in [2.45, 2.75) is 91.0 Å². The standard InChI is InChI=1S/C26H41N3O5/c1-7-9-14-27-23(31)22(19-12-10-18(8-2)11-13-19)29(21-15-17(21)3)24(32)20(16-30)28-25(33)34-26(4,5)6/h10-13,17,20-22,30H,7-9,14-16H2,1-6H3,(H,27,31)(H,28,33). The summed E-state index contributed by atoms with van der Waals surface area (Å²) >= 11 is 0. The van der Waals surface area contributed by atoms with Crippen molar-refractivity contribution in [1.29, 1.82) is 0 Å². The third-order valence-electron chi connectivity index (χ3n) is 5.91. The van der Waals surface area contributed by atoms with E-state index in [4.69, 9.17) is 4.74 Å². The highest BCUT2D eigenvalue weighted by Gasteiger charge is 2.48. The van der Waals surface area contributed by atoms with Gasteiger partial charge in [-0.15, -0.1) is 0 Å². The summed E-state index contributed by atoms with van der Waals surface area (Å²) in [5, 5.41) is 15.4. The summed E-state index contributed by atoms with van der Waals surface area (Å²) in [5.74, 6) is -0.553. The van der Waals surface area contributed by atoms with Gasteiger partial charge in [-0.1, -0.05) is 51.5 Å². The summed E-state index contributed by atoms with van der Waals surface area (Å²) in [6.07, 6.45) is 2.59. The number of hydrogen-bond donors (Lipinski definition) is 3. The lowest BCUT2D eigenvalue weighted by atomic mass is 10.00. The molecule has 0 bridgehead atoms. The average molecular weight is 476 g/mol. The molecule has 34 heavy (non-hydrogen) atoms. The molecule has 2 rings (SSSR count). The molecule has 3 amide bonds. The number of aliphatic hydroxyl groups excluding tert-OH is 1. The van der Waals surface area contributed by atoms with Gasteiger partial charge in [0.2, 0.25) is 11.8 Å². The summed E-state index contributed by atoms with van der Waals surface area (Å²) < 4.78 is 5.27. The van der Waals surface area contributed by atoms with Crippen molar-refractivity contribution in [3.05, 3.63) is 35.4 Å². The van der Waals surface area contributed by atoms with Crippen LogP contribution in [0.15, 0.2) is 24.3 Å². The molecule has 3 N–H and O–H groups in total. The van der Waals surface area contributed by atoms with Gasteiger partial charge in [0.15, 0.2) is 0 Å². The Hall–Kier alpha value is -2.61. The lowest BCUT2D eigenvalue weighted by Gasteiger charge is -2.34. The SMILES string of the molecule is CCCCNC(=O)C(c1ccc(CC)cc1)N(C(=O)C(CO)NC(=O)OC(C)(C)C)C1CC1C. The molecule has 0 aromatic heterocycles. The quantitative estimate of drug-likeness (QED) is 0.426. The van der Waals surface area contributed by atoms with Crippen LogP contribution in [0.3, 0.4) is 0 Å². The van der Waals surface area contributed by atoms with E-state index in [0.29, 0.717) is 12.1 Å². The van der Waals surface area contributed by atoms with Crippen molar-refractivity contribution >= 4 is 17.9 Å². The number of alkyl carbamates (subject to hydrolysis) is 1. The van der Waals surface area contributed by atoms with E-state index in [1.165, 1.54) is 0 Å². The molecular formula is C26H41N3O5. The Kier molecular flexibility index (Phi) is 9.91. The van der Waals surface area contributed by atoms with E-state index in [2.05, 4.69) is 17.6 Å². The van der Waals surface area contributed by atoms with Gasteiger partial charge >= 0.3 is 6.09 Å². The first-order valence-corrected chi connectivity index (χ1v) is 12.3. The minimum absolute atomic E-state index is 0.158. The summed E-state index contributed by atoms with van der Waals surface area (Å²) in [7, 11) is 0. The summed E-state index contributed by atoms with van der Waals surface area (Å²) in [6, 6.07) is 5.45. The Morgan fingerprint density at radius 2 is 1.79 bits per heavy atom. The highest BCUT2D eigenvalue weighted by molar-refractivity contribution is 5.92. The number of unbranched alkanes of at least 4 members (excludes halogenated alkanes) is 1. The van der Waals surface area contributed by atoms with Crippen LogP contribution in [-0.4, -0.2) is 58.8 Å². The van der Waals surface area contributed by atoms with E-state index in [1.807, 2.05) is 38.1 Å². The van der Waals surface area contributed by atoms with Crippen molar-refractivity contribution in [2.24, 2.45) is 5.92 Å². The molecule has 0 saturated heterocycles. The minimum Gasteiger partial charge on any atom is -0.444 e. The number of nitrogens with zero attached hydrogens (tertiary/aromatic N) is 1. The molecule has 1 aromatic carbocycles. The fourth-order valence-electron chi connectivity index (χ4n) is 3.85. The average Bonchev–Trinajstić information content (AvgIpc) is 3.50. The number of carbonyl (C=O) groups excluding carboxylic acids is 3. The van der Waals surface area contributed by atoms with E-state index in [1.54, 1.807) is 25.7 Å². The Morgan fingerprint density at radius 3 is 2.26 bits per heavy atom. The van der Waals surface area contributed by atoms with Crippen LogP contribution < -0.4 is 10.6 Å². The molecule has 1 aliphatic rings. The lowest BCUT2D eigenvalue weighted by Crippen LogP contribution is -2.55. The zero-order valence-electron chi connectivity index (χ0n) is 21.4. The van der Waals surface area contributed by atoms with Gasteiger partial charge in [0.05, 0.1) is 6.61 Å². The molecule has 190 valence electrons. The Morgan fingerprint density at radius 1 is 1.18 bits per heavy atom. The smallest absolute Gasteiger partial charge is 0.408 e. The first kappa shape index (κ1) is 27.6. The molecule has 0 heterocycles. The Labute approximate surface area is 203 Å². The van der Waals surface area contributed by atoms with Crippen molar-refractivity contribution < 1.29 is 24.2 Å². The van der Waals surface area contributed by atoms with Crippen LogP contribution in [0.4, 0.5) is 4.79 Å². The summed E-state index contributed by atoms with van der Waals surface area (Å²) in [4.78, 5) is 41.0. The lowest BCUT2D eigenvalue weighted by molar-refractivity contribution is -0.144. The van der Waals surface area contributed by atoms with Crippen LogP contribution in [0.25, 0.3) is 0 Å². The van der Waals surface area contributed by atoms with E-state index < -0.39 is 36.3 Å². The molecule has 4 unspecified atom stereocenters. The Bertz CT molecular complexity index is 834. The van der Waals surface area contributed by atoms with Gasteiger partial charge in [0, 0.05) is 12.6 Å². The third-order valence-corrected chi connectivity index (χ3v) is 5.91. The normalized spacial score (nSPS) is 19.0. The monoisotopic (exact) mass is 475 g/mol. The number of ether oxygens (including phenoxy) is 1. The Balaban J connectivity index is 2.38. The van der Waals surface area contributed by atoms with Crippen molar-refractivity contribution in [3.63, 3.8) is 0 Å². The molecule has 0 spiro atoms. The number of nitrogens with one attached hydrogen (secondary N) is 2. The molecule has 1 aliphatic carbocycles. The predicted molar refractivity (Wildman–Crippen MR) is 131 cm³/mol. The third kappa shape index (κ3) is 7.72. The van der Waals surface area contributed by atoms with Crippen LogP contribution in [0, 0.1) is 5.92 Å². The molecule has 8 nitrogen and oxygen atoms in total. The predicted octanol–water partition coefficient (Wildman–Crippen LogP) is 3.33. The molecule has 4 atom stereocenters. The highest BCUT2D eigenvalue weighted by atomic mass is 16.6. The number of carbonyl (C=O) groups is 3. The van der Waals surface area contributed by atoms with Gasteiger partial charge < -0.3 is 25.4 Å². The molecular weight excluding hydrogens is 434 g/mol. The maximum absolute atomic E-state index is 13.7. The first-order valence-electron chi connectivity index (χ1n) is 12.3. The molecule has 1 saturated carbocycles. The maximum Gasteiger partial charge on any atom is 0.408 e. The number of rotatable bonds is 11. The number of aryl methyl sites for hydroxylation is 1. The fourth-order valence-corrected chi connectivity index (χ4v) is 3.85. The van der Waals surface area contributed by atoms with Gasteiger partial charge in [-0.3, -0.25) is 9.59 Å². The second-order valence-electron chi connectivity index (χ2n) is 10.0. The number of aliphatic hydroxyl groups is 1. The molecule has 8 heteroatoms. The van der Waals surface area contributed by atoms with E-state index in [0.717, 1.165) is 31.2 Å². The molecule has 0 radical (unpaired) electrons. The van der Waals surface area contributed by atoms with Gasteiger partial charge in [-0.05, 0) is 57.1 Å². The minimum atomic E-state index is -1.22. The fraction of sp³-hybridized carbons (Fsp3) is 0.654. The van der Waals surface area contributed by atoms with Gasteiger partial charge in [-0.25, -0.2) is 4.79 Å². The van der Waals surface area contributed by atoms with Crippen LogP contribution >= 0.6 is 0 Å². The van der Waals surface area contributed by atoms with Gasteiger partial charge in [-0.2, -0.15) is 0 Å². The molecule has 1 aromatic rings. The second kappa shape index (κ2) is 12.2. The highest BCUT2D eigenvalue weighted by Crippen LogP contribution is 2.40. The van der Waals surface area contributed by atoms with Crippen LogP contribution in [0.5, 0.6) is 0 Å². The first-order chi connectivity index (χ1) is 16.0. The topological polar surface area (TPSA) is 108 Å². The summed E-state index contributed by atoms with van der Waals surface area (Å²) in [5.41, 5.74) is 1.08. The van der Waals surface area contributed by atoms with Crippen LogP contribution in [0.1, 0.15) is 78.0 Å². The van der Waals surface area contributed by atoms with Crippen LogP contribution in [0.2, 0.25) is 0 Å². The molecule has 1 fully saturated rings. The maximum atomic E-state index is 13.7. The zero-order chi connectivity index (χ0) is 25.5. The van der Waals surface area contributed by atoms with Crippen molar-refractivity contribution in [2.75, 3.05) is 13.2 Å². The zero-order valence-corrected chi connectivity index (χ0v) is 21.4. The second-order valence-corrected chi connectivity index (χ2v) is 10.0. The number of amides is 3. The van der Waals surface area contributed by atoms with Gasteiger partial charge in [0.25, 0.3) is 0 Å². The van der Waals surface area contributed by atoms with E-state index in [-0.39, 0.29) is 17.9 Å². The summed E-state index contributed by atoms with van der Waals surface area (Å²) in [6.45, 7) is 11.2. The van der Waals surface area contributed by atoms with Crippen molar-refractivity contribution in [1.82, 2.24) is 15.5 Å². The van der Waals surface area contributed by atoms with Crippen molar-refractivity contribution in [3.8, 4) is 0 Å². The number of benzene rings is 1.